The average molecular weight is 256 g/mol. The summed E-state index contributed by atoms with van der Waals surface area (Å²) in [5.74, 6) is -2.13. The molecule has 18 heavy (non-hydrogen) atoms. The van der Waals surface area contributed by atoms with Crippen LogP contribution in [0, 0.1) is 11.3 Å². The predicted molar refractivity (Wildman–Crippen MR) is 64.8 cm³/mol. The number of carbonyl (C=O) groups excluding carboxylic acids is 2. The van der Waals surface area contributed by atoms with Gasteiger partial charge in [0.2, 0.25) is 11.8 Å². The molecule has 1 aliphatic carbocycles. The van der Waals surface area contributed by atoms with Crippen molar-refractivity contribution < 1.29 is 19.5 Å². The van der Waals surface area contributed by atoms with Crippen molar-refractivity contribution in [2.75, 3.05) is 20.6 Å². The molecule has 0 radical (unpaired) electrons. The topological polar surface area (TPSA) is 86.7 Å². The first-order valence-corrected chi connectivity index (χ1v) is 6.05. The van der Waals surface area contributed by atoms with Gasteiger partial charge in [-0.05, 0) is 12.8 Å². The molecule has 1 rings (SSSR count). The summed E-state index contributed by atoms with van der Waals surface area (Å²) in [6, 6.07) is 0. The Hall–Kier alpha value is -1.59. The molecular formula is C12H20N2O4. The number of hydrogen-bond donors (Lipinski definition) is 2. The molecule has 2 amide bonds. The number of carboxylic acids is 1. The van der Waals surface area contributed by atoms with Gasteiger partial charge in [-0.3, -0.25) is 14.4 Å². The zero-order chi connectivity index (χ0) is 13.9. The van der Waals surface area contributed by atoms with Gasteiger partial charge in [-0.25, -0.2) is 0 Å². The maximum absolute atomic E-state index is 12.3. The van der Waals surface area contributed by atoms with Crippen LogP contribution >= 0.6 is 0 Å². The number of hydrogen-bond acceptors (Lipinski definition) is 3. The Kier molecular flexibility index (Phi) is 4.32. The van der Waals surface area contributed by atoms with Crippen molar-refractivity contribution in [1.29, 1.82) is 0 Å². The molecule has 1 unspecified atom stereocenters. The van der Waals surface area contributed by atoms with Crippen LogP contribution in [0.5, 0.6) is 0 Å². The molecule has 0 bridgehead atoms. The summed E-state index contributed by atoms with van der Waals surface area (Å²) in [6.07, 6.45) is 1.93. The Bertz CT molecular complexity index is 363. The number of aliphatic carboxylic acids is 1. The average Bonchev–Trinajstić information content (AvgIpc) is 2.26. The Morgan fingerprint density at radius 3 is 2.28 bits per heavy atom. The first-order valence-electron chi connectivity index (χ1n) is 6.05. The van der Waals surface area contributed by atoms with E-state index < -0.39 is 17.3 Å². The lowest BCUT2D eigenvalue weighted by Crippen LogP contribution is -2.55. The van der Waals surface area contributed by atoms with Gasteiger partial charge in [0.15, 0.2) is 0 Å². The van der Waals surface area contributed by atoms with Crippen molar-refractivity contribution in [1.82, 2.24) is 10.2 Å². The zero-order valence-electron chi connectivity index (χ0n) is 11.0. The summed E-state index contributed by atoms with van der Waals surface area (Å²) in [5.41, 5.74) is -0.971. The van der Waals surface area contributed by atoms with Crippen LogP contribution < -0.4 is 5.32 Å². The van der Waals surface area contributed by atoms with Gasteiger partial charge in [-0.15, -0.1) is 0 Å². The van der Waals surface area contributed by atoms with E-state index in [-0.39, 0.29) is 18.4 Å². The SMILES string of the molecule is CNC(=O)C1(C(=O)N(C)CC(C)C(=O)O)CCC1. The minimum Gasteiger partial charge on any atom is -0.481 e. The molecule has 0 aliphatic heterocycles. The Labute approximate surface area is 106 Å². The third-order valence-electron chi connectivity index (χ3n) is 3.59. The predicted octanol–water partition coefficient (Wildman–Crippen LogP) is 0.0818. The number of nitrogens with one attached hydrogen (secondary N) is 1. The monoisotopic (exact) mass is 256 g/mol. The second-order valence-corrected chi connectivity index (χ2v) is 4.94. The highest BCUT2D eigenvalue weighted by Crippen LogP contribution is 2.42. The molecule has 6 nitrogen and oxygen atoms in total. The third kappa shape index (κ3) is 2.47. The van der Waals surface area contributed by atoms with Crippen molar-refractivity contribution in [2.45, 2.75) is 26.2 Å². The summed E-state index contributed by atoms with van der Waals surface area (Å²) >= 11 is 0. The zero-order valence-corrected chi connectivity index (χ0v) is 11.0. The van der Waals surface area contributed by atoms with E-state index in [0.717, 1.165) is 6.42 Å². The van der Waals surface area contributed by atoms with Gasteiger partial charge in [-0.2, -0.15) is 0 Å². The highest BCUT2D eigenvalue weighted by atomic mass is 16.4. The number of carboxylic acid groups (broad SMARTS) is 1. The molecule has 1 saturated carbocycles. The molecule has 1 fully saturated rings. The third-order valence-corrected chi connectivity index (χ3v) is 3.59. The van der Waals surface area contributed by atoms with Crippen LogP contribution in [0.1, 0.15) is 26.2 Å². The van der Waals surface area contributed by atoms with Crippen LogP contribution in [0.4, 0.5) is 0 Å². The first-order chi connectivity index (χ1) is 8.35. The van der Waals surface area contributed by atoms with Gasteiger partial charge in [-0.1, -0.05) is 13.3 Å². The van der Waals surface area contributed by atoms with E-state index in [1.807, 2.05) is 0 Å². The van der Waals surface area contributed by atoms with Crippen LogP contribution in [-0.4, -0.2) is 48.4 Å². The summed E-state index contributed by atoms with van der Waals surface area (Å²) in [7, 11) is 3.06. The van der Waals surface area contributed by atoms with Crippen molar-refractivity contribution in [3.63, 3.8) is 0 Å². The van der Waals surface area contributed by atoms with E-state index in [0.29, 0.717) is 12.8 Å². The maximum atomic E-state index is 12.3. The van der Waals surface area contributed by atoms with Crippen LogP contribution in [0.25, 0.3) is 0 Å². The summed E-state index contributed by atoms with van der Waals surface area (Å²) in [4.78, 5) is 36.2. The standard InChI is InChI=1S/C12H20N2O4/c1-8(9(15)16)7-14(3)11(18)12(5-4-6-12)10(17)13-2/h8H,4-7H2,1-3H3,(H,13,17)(H,15,16). The van der Waals surface area contributed by atoms with Crippen molar-refractivity contribution in [2.24, 2.45) is 11.3 Å². The highest BCUT2D eigenvalue weighted by molar-refractivity contribution is 6.05. The first kappa shape index (κ1) is 14.5. The van der Waals surface area contributed by atoms with E-state index >= 15 is 0 Å². The molecule has 0 aromatic carbocycles. The van der Waals surface area contributed by atoms with E-state index in [4.69, 9.17) is 5.11 Å². The van der Waals surface area contributed by atoms with E-state index in [1.54, 1.807) is 14.0 Å². The number of rotatable bonds is 5. The van der Waals surface area contributed by atoms with Crippen LogP contribution in [0.15, 0.2) is 0 Å². The lowest BCUT2D eigenvalue weighted by molar-refractivity contribution is -0.156. The van der Waals surface area contributed by atoms with Gasteiger partial charge in [0.1, 0.15) is 5.41 Å². The summed E-state index contributed by atoms with van der Waals surface area (Å²) in [6.45, 7) is 1.66. The van der Waals surface area contributed by atoms with Crippen molar-refractivity contribution in [3.8, 4) is 0 Å². The fourth-order valence-electron chi connectivity index (χ4n) is 2.24. The van der Waals surface area contributed by atoms with Crippen molar-refractivity contribution in [3.05, 3.63) is 0 Å². The molecule has 0 aromatic heterocycles. The molecule has 2 N–H and O–H groups in total. The maximum Gasteiger partial charge on any atom is 0.308 e. The summed E-state index contributed by atoms with van der Waals surface area (Å²) in [5, 5.41) is 11.3. The lowest BCUT2D eigenvalue weighted by atomic mass is 9.67. The quantitative estimate of drug-likeness (QED) is 0.682. The fourth-order valence-corrected chi connectivity index (χ4v) is 2.24. The second-order valence-electron chi connectivity index (χ2n) is 4.94. The highest BCUT2D eigenvalue weighted by Gasteiger charge is 2.51. The Balaban J connectivity index is 2.73. The molecular weight excluding hydrogens is 236 g/mol. The van der Waals surface area contributed by atoms with Gasteiger partial charge >= 0.3 is 5.97 Å². The molecule has 0 heterocycles. The molecule has 0 spiro atoms. The number of carbonyl (C=O) groups is 3. The van der Waals surface area contributed by atoms with Gasteiger partial charge < -0.3 is 15.3 Å². The minimum absolute atomic E-state index is 0.118. The summed E-state index contributed by atoms with van der Waals surface area (Å²) < 4.78 is 0. The van der Waals surface area contributed by atoms with Gasteiger partial charge in [0.25, 0.3) is 0 Å². The van der Waals surface area contributed by atoms with E-state index in [2.05, 4.69) is 5.32 Å². The van der Waals surface area contributed by atoms with Crippen LogP contribution in [0.2, 0.25) is 0 Å². The molecule has 102 valence electrons. The Morgan fingerprint density at radius 2 is 1.94 bits per heavy atom. The molecule has 0 aromatic rings. The largest absolute Gasteiger partial charge is 0.481 e. The number of nitrogens with zero attached hydrogens (tertiary/aromatic N) is 1. The Morgan fingerprint density at radius 1 is 1.39 bits per heavy atom. The fraction of sp³-hybridized carbons (Fsp3) is 0.750. The normalized spacial score (nSPS) is 18.4. The van der Waals surface area contributed by atoms with Crippen LogP contribution in [-0.2, 0) is 14.4 Å². The molecule has 0 saturated heterocycles. The van der Waals surface area contributed by atoms with E-state index in [1.165, 1.54) is 11.9 Å². The van der Waals surface area contributed by atoms with Gasteiger partial charge in [0, 0.05) is 20.6 Å². The van der Waals surface area contributed by atoms with E-state index in [9.17, 15) is 14.4 Å². The lowest BCUT2D eigenvalue weighted by Gasteiger charge is -2.41. The molecule has 1 atom stereocenters. The minimum atomic E-state index is -0.971. The molecule has 6 heteroatoms. The van der Waals surface area contributed by atoms with Crippen molar-refractivity contribution >= 4 is 17.8 Å². The van der Waals surface area contributed by atoms with Gasteiger partial charge in [0.05, 0.1) is 5.92 Å². The van der Waals surface area contributed by atoms with Crippen LogP contribution in [0.3, 0.4) is 0 Å². The molecule has 1 aliphatic rings. The number of amides is 2. The second kappa shape index (κ2) is 5.37. The smallest absolute Gasteiger partial charge is 0.308 e.